The first kappa shape index (κ1) is 19.4. The van der Waals surface area contributed by atoms with Crippen molar-refractivity contribution in [2.45, 2.75) is 44.6 Å². The number of fused-ring (bicyclic) bond motifs is 1. The molecule has 30 heavy (non-hydrogen) atoms. The third-order valence-corrected chi connectivity index (χ3v) is 7.38. The van der Waals surface area contributed by atoms with Crippen molar-refractivity contribution in [3.63, 3.8) is 0 Å². The number of carboxylic acids is 1. The molecule has 3 heterocycles. The number of likely N-dealkylation sites (tertiary alicyclic amines) is 2. The number of hydrogen-bond donors (Lipinski definition) is 2. The molecule has 2 saturated heterocycles. The molecule has 8 heteroatoms. The summed E-state index contributed by atoms with van der Waals surface area (Å²) in [6, 6.07) is 4.80. The minimum absolute atomic E-state index is 0.0537. The first-order chi connectivity index (χ1) is 14.4. The second-order valence-corrected chi connectivity index (χ2v) is 9.23. The highest BCUT2D eigenvalue weighted by atomic mass is 16.4. The van der Waals surface area contributed by atoms with E-state index in [2.05, 4.69) is 9.88 Å². The lowest BCUT2D eigenvalue weighted by molar-refractivity contribution is -0.134. The SMILES string of the molecule is O=C(O)c1ccc2c(c1)[nH]c(=O)n2C1CCN(CC(=O)N2CCC3(CC2)CC3)CC1. The zero-order chi connectivity index (χ0) is 20.9. The molecule has 0 unspecified atom stereocenters. The van der Waals surface area contributed by atoms with Gasteiger partial charge in [0.05, 0.1) is 23.1 Å². The number of aromatic carboxylic acids is 1. The van der Waals surface area contributed by atoms with E-state index in [0.29, 0.717) is 17.5 Å². The van der Waals surface area contributed by atoms with Crippen LogP contribution in [0.2, 0.25) is 0 Å². The molecule has 0 radical (unpaired) electrons. The van der Waals surface area contributed by atoms with Crippen LogP contribution in [0.4, 0.5) is 0 Å². The van der Waals surface area contributed by atoms with Crippen LogP contribution in [-0.2, 0) is 4.79 Å². The Morgan fingerprint density at radius 1 is 1.07 bits per heavy atom. The number of imidazole rings is 1. The number of carbonyl (C=O) groups is 2. The Labute approximate surface area is 174 Å². The number of nitrogens with zero attached hydrogens (tertiary/aromatic N) is 3. The summed E-state index contributed by atoms with van der Waals surface area (Å²) in [5, 5.41) is 9.16. The number of H-pyrrole nitrogens is 1. The summed E-state index contributed by atoms with van der Waals surface area (Å²) >= 11 is 0. The molecule has 0 atom stereocenters. The molecule has 8 nitrogen and oxygen atoms in total. The third kappa shape index (κ3) is 3.53. The molecule has 2 N–H and O–H groups in total. The number of carbonyl (C=O) groups excluding carboxylic acids is 1. The molecule has 1 spiro atoms. The van der Waals surface area contributed by atoms with E-state index >= 15 is 0 Å². The van der Waals surface area contributed by atoms with Crippen molar-refractivity contribution in [1.82, 2.24) is 19.4 Å². The van der Waals surface area contributed by atoms with E-state index in [-0.39, 0.29) is 23.2 Å². The summed E-state index contributed by atoms with van der Waals surface area (Å²) in [7, 11) is 0. The van der Waals surface area contributed by atoms with Gasteiger partial charge in [-0.1, -0.05) is 0 Å². The average Bonchev–Trinajstić information content (AvgIpc) is 3.40. The lowest BCUT2D eigenvalue weighted by Crippen LogP contribution is -2.46. The second-order valence-electron chi connectivity index (χ2n) is 9.23. The molecule has 2 aromatic rings. The van der Waals surface area contributed by atoms with E-state index in [1.54, 1.807) is 10.6 Å². The number of amides is 1. The first-order valence-electron chi connectivity index (χ1n) is 10.9. The van der Waals surface area contributed by atoms with Crippen LogP contribution in [-0.4, -0.2) is 69.1 Å². The van der Waals surface area contributed by atoms with Gasteiger partial charge < -0.3 is 15.0 Å². The van der Waals surface area contributed by atoms with Crippen LogP contribution in [0.1, 0.15) is 54.9 Å². The van der Waals surface area contributed by atoms with Crippen LogP contribution in [0.15, 0.2) is 23.0 Å². The van der Waals surface area contributed by atoms with E-state index in [1.807, 2.05) is 4.90 Å². The maximum atomic E-state index is 12.7. The fraction of sp³-hybridized carbons (Fsp3) is 0.591. The predicted octanol–water partition coefficient (Wildman–Crippen LogP) is 2.07. The smallest absolute Gasteiger partial charge is 0.335 e. The highest BCUT2D eigenvalue weighted by molar-refractivity contribution is 5.92. The molecule has 2 aliphatic heterocycles. The van der Waals surface area contributed by atoms with Gasteiger partial charge in [0.15, 0.2) is 0 Å². The summed E-state index contributed by atoms with van der Waals surface area (Å²) in [6.45, 7) is 3.82. The number of piperidine rings is 2. The van der Waals surface area contributed by atoms with Crippen LogP contribution < -0.4 is 5.69 Å². The van der Waals surface area contributed by atoms with Gasteiger partial charge in [-0.3, -0.25) is 14.3 Å². The Morgan fingerprint density at radius 3 is 2.40 bits per heavy atom. The van der Waals surface area contributed by atoms with Crippen molar-refractivity contribution >= 4 is 22.9 Å². The largest absolute Gasteiger partial charge is 0.478 e. The van der Waals surface area contributed by atoms with Gasteiger partial charge in [0.2, 0.25) is 5.91 Å². The molecule has 0 bridgehead atoms. The Hall–Kier alpha value is -2.61. The fourth-order valence-corrected chi connectivity index (χ4v) is 5.16. The molecule has 1 amide bonds. The quantitative estimate of drug-likeness (QED) is 0.801. The van der Waals surface area contributed by atoms with Crippen molar-refractivity contribution in [3.05, 3.63) is 34.2 Å². The Bertz CT molecular complexity index is 1030. The molecule has 5 rings (SSSR count). The number of carboxylic acid groups (broad SMARTS) is 1. The van der Waals surface area contributed by atoms with Gasteiger partial charge in [0.1, 0.15) is 0 Å². The van der Waals surface area contributed by atoms with E-state index < -0.39 is 5.97 Å². The lowest BCUT2D eigenvalue weighted by atomic mass is 9.93. The topological polar surface area (TPSA) is 98.6 Å². The predicted molar refractivity (Wildman–Crippen MR) is 112 cm³/mol. The van der Waals surface area contributed by atoms with Crippen LogP contribution in [0.25, 0.3) is 11.0 Å². The summed E-state index contributed by atoms with van der Waals surface area (Å²) in [6.07, 6.45) is 6.59. The molecule has 1 saturated carbocycles. The van der Waals surface area contributed by atoms with Gasteiger partial charge >= 0.3 is 11.7 Å². The standard InChI is InChI=1S/C22H28N4O4/c27-19(25-11-7-22(5-6-22)8-12-25)14-24-9-3-16(4-10-24)26-18-2-1-15(20(28)29)13-17(18)23-21(26)30/h1-2,13,16H,3-12,14H2,(H,23,30)(H,28,29). The van der Waals surface area contributed by atoms with E-state index in [9.17, 15) is 14.4 Å². The highest BCUT2D eigenvalue weighted by Crippen LogP contribution is 2.53. The minimum atomic E-state index is -1.01. The molecular formula is C22H28N4O4. The number of benzene rings is 1. The monoisotopic (exact) mass is 412 g/mol. The van der Waals surface area contributed by atoms with Gasteiger partial charge in [-0.05, 0) is 62.1 Å². The normalized spacial score (nSPS) is 21.9. The molecular weight excluding hydrogens is 384 g/mol. The molecule has 1 aliphatic carbocycles. The maximum Gasteiger partial charge on any atom is 0.335 e. The van der Waals surface area contributed by atoms with Crippen molar-refractivity contribution in [3.8, 4) is 0 Å². The second kappa shape index (κ2) is 7.27. The zero-order valence-corrected chi connectivity index (χ0v) is 17.1. The molecule has 1 aromatic carbocycles. The molecule has 3 fully saturated rings. The zero-order valence-electron chi connectivity index (χ0n) is 17.1. The fourth-order valence-electron chi connectivity index (χ4n) is 5.16. The van der Waals surface area contributed by atoms with Crippen molar-refractivity contribution in [1.29, 1.82) is 0 Å². The van der Waals surface area contributed by atoms with Crippen LogP contribution in [0, 0.1) is 5.41 Å². The van der Waals surface area contributed by atoms with Crippen LogP contribution in [0.5, 0.6) is 0 Å². The summed E-state index contributed by atoms with van der Waals surface area (Å²) in [5.74, 6) is -0.779. The number of rotatable bonds is 4. The molecule has 160 valence electrons. The molecule has 1 aromatic heterocycles. The Morgan fingerprint density at radius 2 is 1.77 bits per heavy atom. The molecule has 3 aliphatic rings. The number of aromatic nitrogens is 2. The van der Waals surface area contributed by atoms with Gasteiger partial charge in [-0.2, -0.15) is 0 Å². The first-order valence-corrected chi connectivity index (χ1v) is 10.9. The van der Waals surface area contributed by atoms with Crippen molar-refractivity contribution in [2.24, 2.45) is 5.41 Å². The van der Waals surface area contributed by atoms with E-state index in [1.165, 1.54) is 25.0 Å². The number of nitrogens with one attached hydrogen (secondary N) is 1. The summed E-state index contributed by atoms with van der Waals surface area (Å²) < 4.78 is 1.75. The maximum absolute atomic E-state index is 12.7. The van der Waals surface area contributed by atoms with Gasteiger partial charge in [-0.15, -0.1) is 0 Å². The minimum Gasteiger partial charge on any atom is -0.478 e. The highest BCUT2D eigenvalue weighted by Gasteiger charge is 2.45. The van der Waals surface area contributed by atoms with E-state index in [4.69, 9.17) is 5.11 Å². The van der Waals surface area contributed by atoms with Crippen molar-refractivity contribution < 1.29 is 14.7 Å². The Kier molecular flexibility index (Phi) is 4.69. The van der Waals surface area contributed by atoms with Crippen LogP contribution >= 0.6 is 0 Å². The average molecular weight is 412 g/mol. The van der Waals surface area contributed by atoms with Gasteiger partial charge in [0.25, 0.3) is 0 Å². The third-order valence-electron chi connectivity index (χ3n) is 7.38. The Balaban J connectivity index is 1.21. The summed E-state index contributed by atoms with van der Waals surface area (Å²) in [4.78, 5) is 43.4. The lowest BCUT2D eigenvalue weighted by Gasteiger charge is -2.36. The van der Waals surface area contributed by atoms with Crippen molar-refractivity contribution in [2.75, 3.05) is 32.7 Å². The van der Waals surface area contributed by atoms with Gasteiger partial charge in [0, 0.05) is 32.2 Å². The number of hydrogen-bond acceptors (Lipinski definition) is 4. The number of aromatic amines is 1. The van der Waals surface area contributed by atoms with E-state index in [0.717, 1.165) is 57.4 Å². The summed E-state index contributed by atoms with van der Waals surface area (Å²) in [5.41, 5.74) is 1.82. The van der Waals surface area contributed by atoms with Gasteiger partial charge in [-0.25, -0.2) is 9.59 Å². The van der Waals surface area contributed by atoms with Crippen LogP contribution in [0.3, 0.4) is 0 Å².